The predicted octanol–water partition coefficient (Wildman–Crippen LogP) is 29.3. The Balaban J connectivity index is 0.000000131. The number of para-hydroxylation sites is 3. The number of aryl methyl sites for hydroxylation is 2. The number of carbonyl (C=O) groups is 1. The second-order valence-corrected chi connectivity index (χ2v) is 39.9. The van der Waals surface area contributed by atoms with Gasteiger partial charge in [0.25, 0.3) is 17.5 Å². The molecule has 15 heteroatoms. The molecule has 0 bridgehead atoms. The van der Waals surface area contributed by atoms with Gasteiger partial charge in [-0.05, 0) is 163 Å². The van der Waals surface area contributed by atoms with Crippen LogP contribution in [0.3, 0.4) is 0 Å². The van der Waals surface area contributed by atoms with E-state index in [-0.39, 0.29) is 57.3 Å². The fourth-order valence-electron chi connectivity index (χ4n) is 19.0. The number of aromatic nitrogens is 10. The maximum atomic E-state index is 10.0. The first-order chi connectivity index (χ1) is 61.8. The molecule has 673 valence electrons. The topological polar surface area (TPSA) is 120 Å². The van der Waals surface area contributed by atoms with E-state index in [4.69, 9.17) is 24.5 Å². The summed E-state index contributed by atoms with van der Waals surface area (Å²) in [5.74, 6) is 7.03. The number of pyridine rings is 1. The molecule has 11 heterocycles. The summed E-state index contributed by atoms with van der Waals surface area (Å²) in [4.78, 5) is 24.9. The predicted molar refractivity (Wildman–Crippen MR) is 545 cm³/mol. The number of furan rings is 1. The summed E-state index contributed by atoms with van der Waals surface area (Å²) in [6.45, 7) is 45.8. The molecule has 0 saturated carbocycles. The van der Waals surface area contributed by atoms with Gasteiger partial charge in [0, 0.05) is 113 Å². The van der Waals surface area contributed by atoms with Gasteiger partial charge in [0.05, 0.1) is 44.8 Å². The van der Waals surface area contributed by atoms with Gasteiger partial charge in [-0.3, -0.25) is 14.8 Å². The number of benzene rings is 11. The van der Waals surface area contributed by atoms with E-state index in [1.54, 1.807) is 0 Å². The third kappa shape index (κ3) is 17.6. The van der Waals surface area contributed by atoms with Crippen LogP contribution in [0.2, 0.25) is 0 Å². The Kier molecular flexibility index (Phi) is 26.6. The summed E-state index contributed by atoms with van der Waals surface area (Å²) >= 11 is 1.91. The molecule has 11 aromatic carbocycles. The number of aliphatic hydroxyl groups is 1. The number of rotatable bonds is 11. The number of allylic oxidation sites excluding steroid dienone is 2. The maximum absolute atomic E-state index is 10.0. The molecule has 8 aromatic heterocycles. The molecule has 3 aliphatic rings. The van der Waals surface area contributed by atoms with E-state index in [0.29, 0.717) is 29.6 Å². The molecule has 1 radical (unpaired) electrons. The molecular weight excluding hydrogens is 1820 g/mol. The van der Waals surface area contributed by atoms with E-state index in [9.17, 15) is 4.79 Å². The largest absolute Gasteiger partial charge is 0.512 e. The Bertz CT molecular complexity index is 7280. The van der Waals surface area contributed by atoms with Crippen molar-refractivity contribution in [2.75, 3.05) is 0 Å². The second kappa shape index (κ2) is 37.5. The Hall–Kier alpha value is -12.8. The molecule has 0 saturated heterocycles. The molecule has 22 rings (SSSR count). The van der Waals surface area contributed by atoms with Crippen molar-refractivity contribution in [2.24, 2.45) is 0 Å². The van der Waals surface area contributed by atoms with Crippen LogP contribution in [0.15, 0.2) is 278 Å². The third-order valence-corrected chi connectivity index (χ3v) is 26.7. The minimum atomic E-state index is -0.141. The van der Waals surface area contributed by atoms with Gasteiger partial charge in [0.1, 0.15) is 90.9 Å². The zero-order chi connectivity index (χ0) is 90.5. The monoisotopic (exact) mass is 1940 g/mol. The number of nitrogens with zero attached hydrogens (tertiary/aromatic N) is 10. The van der Waals surface area contributed by atoms with Crippen LogP contribution in [0.4, 0.5) is 0 Å². The van der Waals surface area contributed by atoms with Gasteiger partial charge >= 0.3 is 0 Å². The number of aliphatic hydroxyl groups excluding tert-OH is 1. The van der Waals surface area contributed by atoms with Crippen molar-refractivity contribution in [1.82, 2.24) is 33.1 Å². The molecule has 19 aromatic rings. The van der Waals surface area contributed by atoms with Crippen molar-refractivity contribution < 1.29 is 48.1 Å². The Morgan fingerprint density at radius 3 is 1.45 bits per heavy atom. The summed E-state index contributed by atoms with van der Waals surface area (Å²) in [6.07, 6.45) is 14.6. The quantitative estimate of drug-likeness (QED) is 0.0596. The van der Waals surface area contributed by atoms with Gasteiger partial charge in [0.15, 0.2) is 5.78 Å². The van der Waals surface area contributed by atoms with E-state index < -0.39 is 0 Å². The number of fused-ring (bicyclic) bond motifs is 20. The third-order valence-electron chi connectivity index (χ3n) is 25.6. The normalized spacial score (nSPS) is 12.4. The summed E-state index contributed by atoms with van der Waals surface area (Å²) in [5.41, 5.74) is 33.0. The first kappa shape index (κ1) is 93.9. The first-order valence-corrected chi connectivity index (χ1v) is 46.4. The molecule has 13 nitrogen and oxygen atoms in total. The van der Waals surface area contributed by atoms with Gasteiger partial charge in [-0.2, -0.15) is 13.7 Å². The van der Waals surface area contributed by atoms with Crippen LogP contribution in [-0.2, 0) is 55.4 Å². The maximum Gasteiger partial charge on any atom is 0.294 e. The summed E-state index contributed by atoms with van der Waals surface area (Å²) < 4.78 is 25.5. The Morgan fingerprint density at radius 2 is 0.939 bits per heavy atom. The van der Waals surface area contributed by atoms with Crippen molar-refractivity contribution in [3.63, 3.8) is 0 Å². The zero-order valence-electron chi connectivity index (χ0n) is 78.4. The number of ketones is 1. The molecule has 0 spiro atoms. The molecule has 0 fully saturated rings. The van der Waals surface area contributed by atoms with Gasteiger partial charge in [-0.15, -0.1) is 23.5 Å². The molecule has 132 heavy (non-hydrogen) atoms. The number of carbonyl (C=O) groups excluding carboxylic acids is 1. The minimum absolute atomic E-state index is 0. The van der Waals surface area contributed by atoms with Gasteiger partial charge in [-0.1, -0.05) is 283 Å². The Morgan fingerprint density at radius 1 is 0.462 bits per heavy atom. The van der Waals surface area contributed by atoms with E-state index >= 15 is 0 Å². The van der Waals surface area contributed by atoms with Gasteiger partial charge in [0.2, 0.25) is 0 Å². The molecule has 0 atom stereocenters. The molecule has 1 N–H and O–H groups in total. The average molecular weight is 1940 g/mol. The first-order valence-electron chi connectivity index (χ1n) is 45.6. The van der Waals surface area contributed by atoms with Crippen LogP contribution in [0.25, 0.3) is 143 Å². The summed E-state index contributed by atoms with van der Waals surface area (Å²) in [5, 5.41) is 14.4. The fourth-order valence-corrected chi connectivity index (χ4v) is 20.1. The van der Waals surface area contributed by atoms with Crippen molar-refractivity contribution >= 4 is 86.9 Å². The van der Waals surface area contributed by atoms with Crippen LogP contribution in [-0.4, -0.2) is 43.9 Å². The van der Waals surface area contributed by atoms with Crippen molar-refractivity contribution in [2.45, 2.75) is 213 Å². The molecule has 0 amide bonds. The average Bonchev–Trinajstić information content (AvgIpc) is 1.54. The van der Waals surface area contributed by atoms with E-state index in [1.165, 1.54) is 180 Å². The van der Waals surface area contributed by atoms with Gasteiger partial charge in [-0.25, -0.2) is 13.7 Å². The van der Waals surface area contributed by atoms with E-state index in [2.05, 4.69) is 412 Å². The number of hydrogen-bond donors (Lipinski definition) is 1. The van der Waals surface area contributed by atoms with E-state index in [0.717, 1.165) is 70.0 Å². The standard InChI is InChI=1S/C31H27N2.C28H27N2O.C28H27N2S.C23H27N4.C5H8O2.2CH4.Ir/c1-22(2)26-19-28(23-11-5-3-6-12-23)30(29(20-26)24-13-7-4-8-14-24)33-18-17-32-21-25-15-9-10-16-27(25)31(32)33;2*1-17(2)20-9-7-10-21(18(3)4)27(20)30-13-12-29-16-19-14-26-24(15-23(19)28(29)30)22-8-5-6-11-25(22)31-26;1-13-11-16-17(12-14(13)2)27-20(24-16)15-9-10-18(22(3,4)5)25-19(15)26-21(27)23(6,7)8;1-4(6)3-5(2)7;;;/h3-20,22H,21H2,1-2H3;2*5-15,17-18H,16H2,1-4H3;10-12H,1-8H3;3,6H,1-2H3;2*1H4;/q3*+1;-1;;;;. The summed E-state index contributed by atoms with van der Waals surface area (Å²) in [7, 11) is 0. The van der Waals surface area contributed by atoms with Gasteiger partial charge < -0.3 is 18.9 Å². The van der Waals surface area contributed by atoms with Crippen molar-refractivity contribution in [1.29, 1.82) is 0 Å². The second-order valence-electron chi connectivity index (χ2n) is 38.8. The Labute approximate surface area is 795 Å². The fraction of sp³-hybridized carbons (Fsp3) is 0.274. The van der Waals surface area contributed by atoms with Crippen molar-refractivity contribution in [3.05, 3.63) is 347 Å². The molecule has 3 aliphatic heterocycles. The number of hydrogen-bond acceptors (Lipinski definition) is 7. The number of imidazole rings is 4. The number of thiophene rings is 1. The van der Waals surface area contributed by atoms with Crippen molar-refractivity contribution in [3.8, 4) is 73.5 Å². The van der Waals surface area contributed by atoms with Crippen LogP contribution in [0.5, 0.6) is 0 Å². The molecule has 0 unspecified atom stereocenters. The minimum Gasteiger partial charge on any atom is -0.512 e. The SMILES string of the molecule is C.C.CC(=O)C=C(C)O.CC(C)c1cc(-c2ccccc2)c(-n2cc[n+]3c2-c2ccccc2C3)c(-c2ccccc2)c1.CC(C)c1cccc(C(C)C)c1-n1cc[n+]2c1-c1cc3c(cc1C2)oc1ccccc13.CC(C)c1cccc(C(C)C)c1-n1cc[n+]2c1-c1cc3c(cc1C2)sc1ccccc13.Cc1cc2nc3c4[c-]cc(C(C)(C)C)nc4nc(C(C)(C)C)n3c2cc1C.[Ir]. The summed E-state index contributed by atoms with van der Waals surface area (Å²) in [6, 6.07) is 85.1. The zero-order valence-corrected chi connectivity index (χ0v) is 81.6. The van der Waals surface area contributed by atoms with Crippen LogP contribution >= 0.6 is 11.3 Å². The molecular formula is C117H124IrN10O3S+2. The molecule has 0 aliphatic carbocycles. The van der Waals surface area contributed by atoms with Crippen LogP contribution in [0, 0.1) is 19.9 Å². The van der Waals surface area contributed by atoms with E-state index in [1.807, 2.05) is 23.5 Å². The van der Waals surface area contributed by atoms with Crippen LogP contribution in [0.1, 0.15) is 236 Å². The van der Waals surface area contributed by atoms with Crippen LogP contribution < -0.4 is 13.7 Å². The smallest absolute Gasteiger partial charge is 0.294 e.